The largest absolute Gasteiger partial charge is 0.493 e. The lowest BCUT2D eigenvalue weighted by Crippen LogP contribution is -2.35. The van der Waals surface area contributed by atoms with Gasteiger partial charge < -0.3 is 20.5 Å². The van der Waals surface area contributed by atoms with E-state index in [2.05, 4.69) is 5.32 Å². The van der Waals surface area contributed by atoms with Crippen LogP contribution in [0, 0.1) is 23.3 Å². The third-order valence-electron chi connectivity index (χ3n) is 6.48. The first kappa shape index (κ1) is 32.9. The van der Waals surface area contributed by atoms with Crippen molar-refractivity contribution in [3.05, 3.63) is 123 Å². The van der Waals surface area contributed by atoms with Crippen LogP contribution in [0.25, 0.3) is 5.69 Å². The predicted octanol–water partition coefficient (Wildman–Crippen LogP) is 5.65. The number of anilines is 1. The highest BCUT2D eigenvalue weighted by atomic mass is 19.1. The Morgan fingerprint density at radius 3 is 2.16 bits per heavy atom. The van der Waals surface area contributed by atoms with Crippen LogP contribution in [0.4, 0.5) is 23.4 Å². The van der Waals surface area contributed by atoms with Crippen molar-refractivity contribution >= 4 is 17.6 Å². The quantitative estimate of drug-likeness (QED) is 0.0959. The van der Waals surface area contributed by atoms with Crippen molar-refractivity contribution in [2.75, 3.05) is 18.9 Å². The highest BCUT2D eigenvalue weighted by molar-refractivity contribution is 6.11. The fourth-order valence-electron chi connectivity index (χ4n) is 4.49. The maximum atomic E-state index is 15.2. The van der Waals surface area contributed by atoms with E-state index >= 15 is 8.78 Å². The van der Waals surface area contributed by atoms with E-state index in [9.17, 15) is 23.2 Å². The molecule has 0 unspecified atom stereocenters. The third-order valence-corrected chi connectivity index (χ3v) is 6.48. The van der Waals surface area contributed by atoms with E-state index in [0.29, 0.717) is 29.2 Å². The number of esters is 1. The number of ether oxygens (including phenoxy) is 2. The van der Waals surface area contributed by atoms with Crippen LogP contribution < -0.4 is 21.3 Å². The number of benzene rings is 3. The van der Waals surface area contributed by atoms with E-state index in [4.69, 9.17) is 15.2 Å². The van der Waals surface area contributed by atoms with E-state index in [1.165, 1.54) is 0 Å². The van der Waals surface area contributed by atoms with E-state index in [1.54, 1.807) is 45.0 Å². The first-order valence-electron chi connectivity index (χ1n) is 13.9. The zero-order chi connectivity index (χ0) is 32.9. The molecule has 0 radical (unpaired) electrons. The molecule has 0 saturated carbocycles. The second-order valence-corrected chi connectivity index (χ2v) is 11.0. The SMILES string of the molecule is CC(C)(C)OC(=O)[C@@H](NCCCOc1cc(F)c(-n2c(N)c(C(=O)c3ccc(F)cc3F)ccc2=O)c(F)c1)c1ccccc1. The van der Waals surface area contributed by atoms with E-state index in [0.717, 1.165) is 36.4 Å². The van der Waals surface area contributed by atoms with Crippen molar-refractivity contribution in [3.63, 3.8) is 0 Å². The summed E-state index contributed by atoms with van der Waals surface area (Å²) in [7, 11) is 0. The number of nitrogen functional groups attached to an aromatic ring is 1. The van der Waals surface area contributed by atoms with Crippen LogP contribution in [0.15, 0.2) is 77.6 Å². The number of pyridine rings is 1. The molecule has 1 aromatic heterocycles. The Morgan fingerprint density at radius 1 is 0.889 bits per heavy atom. The Kier molecular flexibility index (Phi) is 10.1. The molecule has 0 saturated heterocycles. The van der Waals surface area contributed by atoms with Gasteiger partial charge in [0.25, 0.3) is 5.56 Å². The molecule has 0 amide bonds. The maximum Gasteiger partial charge on any atom is 0.328 e. The molecule has 0 aliphatic rings. The topological polar surface area (TPSA) is 113 Å². The molecule has 1 atom stereocenters. The van der Waals surface area contributed by atoms with Gasteiger partial charge in [-0.25, -0.2) is 22.4 Å². The van der Waals surface area contributed by atoms with E-state index in [1.807, 2.05) is 6.07 Å². The lowest BCUT2D eigenvalue weighted by atomic mass is 10.0. The first-order valence-corrected chi connectivity index (χ1v) is 13.9. The van der Waals surface area contributed by atoms with Crippen molar-refractivity contribution in [1.82, 2.24) is 9.88 Å². The minimum absolute atomic E-state index is 0.0103. The second-order valence-electron chi connectivity index (χ2n) is 11.0. The average Bonchev–Trinajstić information content (AvgIpc) is 2.95. The highest BCUT2D eigenvalue weighted by Gasteiger charge is 2.26. The Hall–Kier alpha value is -4.97. The van der Waals surface area contributed by atoms with Crippen LogP contribution >= 0.6 is 0 Å². The molecule has 1 heterocycles. The molecule has 0 bridgehead atoms. The lowest BCUT2D eigenvalue weighted by Gasteiger charge is -2.25. The number of carbonyl (C=O) groups excluding carboxylic acids is 2. The minimum Gasteiger partial charge on any atom is -0.493 e. The number of hydrogen-bond acceptors (Lipinski definition) is 7. The van der Waals surface area contributed by atoms with Crippen molar-refractivity contribution in [2.24, 2.45) is 0 Å². The fourth-order valence-corrected chi connectivity index (χ4v) is 4.49. The summed E-state index contributed by atoms with van der Waals surface area (Å²) in [5, 5.41) is 3.12. The van der Waals surface area contributed by atoms with Gasteiger partial charge in [0.15, 0.2) is 17.4 Å². The molecule has 4 rings (SSSR count). The van der Waals surface area contributed by atoms with Crippen molar-refractivity contribution < 1.29 is 36.6 Å². The van der Waals surface area contributed by atoms with Crippen LogP contribution in [0.2, 0.25) is 0 Å². The summed E-state index contributed by atoms with van der Waals surface area (Å²) in [5.41, 5.74) is 3.20. The van der Waals surface area contributed by atoms with Crippen molar-refractivity contribution in [1.29, 1.82) is 0 Å². The number of hydrogen-bond donors (Lipinski definition) is 2. The van der Waals surface area contributed by atoms with Gasteiger partial charge in [-0.2, -0.15) is 0 Å². The molecule has 3 aromatic carbocycles. The smallest absolute Gasteiger partial charge is 0.328 e. The van der Waals surface area contributed by atoms with Gasteiger partial charge in [0, 0.05) is 24.3 Å². The number of nitrogens with one attached hydrogen (secondary N) is 1. The summed E-state index contributed by atoms with van der Waals surface area (Å²) in [4.78, 5) is 38.3. The fraction of sp³-hybridized carbons (Fsp3) is 0.242. The number of ketones is 1. The number of halogens is 4. The van der Waals surface area contributed by atoms with Gasteiger partial charge in [-0.3, -0.25) is 14.2 Å². The minimum atomic E-state index is -1.22. The summed E-state index contributed by atoms with van der Waals surface area (Å²) in [6.45, 7) is 5.60. The molecular formula is C33H31F4N3O5. The number of carbonyl (C=O) groups is 2. The van der Waals surface area contributed by atoms with E-state index in [-0.39, 0.29) is 12.4 Å². The number of nitrogens with zero attached hydrogens (tertiary/aromatic N) is 1. The molecule has 8 nitrogen and oxygen atoms in total. The number of aromatic nitrogens is 1. The standard InChI is InChI=1S/C33H31F4N3O5/c1-33(2,3)45-32(43)28(19-8-5-4-6-9-19)39-14-7-15-44-21-17-25(36)29(26(37)18-21)40-27(41)13-12-23(31(40)38)30(42)22-11-10-20(34)16-24(22)35/h4-6,8-13,16-18,28,39H,7,14-15,38H2,1-3H3/t28-/m0/s1. The molecule has 236 valence electrons. The maximum absolute atomic E-state index is 15.2. The first-order chi connectivity index (χ1) is 21.3. The lowest BCUT2D eigenvalue weighted by molar-refractivity contribution is -0.157. The van der Waals surface area contributed by atoms with Crippen LogP contribution in [0.1, 0.15) is 54.7 Å². The number of nitrogens with two attached hydrogens (primary N) is 1. The van der Waals surface area contributed by atoms with Crippen molar-refractivity contribution in [3.8, 4) is 11.4 Å². The van der Waals surface area contributed by atoms with Gasteiger partial charge in [0.05, 0.1) is 17.7 Å². The van der Waals surface area contributed by atoms with Gasteiger partial charge in [0.1, 0.15) is 40.5 Å². The monoisotopic (exact) mass is 625 g/mol. The average molecular weight is 626 g/mol. The van der Waals surface area contributed by atoms with Gasteiger partial charge in [0.2, 0.25) is 0 Å². The summed E-state index contributed by atoms with van der Waals surface area (Å²) in [6.07, 6.45) is 0.341. The summed E-state index contributed by atoms with van der Waals surface area (Å²) < 4.78 is 69.5. The summed E-state index contributed by atoms with van der Waals surface area (Å²) in [6, 6.07) is 14.0. The second kappa shape index (κ2) is 13.8. The Bertz CT molecular complexity index is 1750. The molecule has 0 spiro atoms. The molecule has 0 fully saturated rings. The van der Waals surface area contributed by atoms with Crippen molar-refractivity contribution in [2.45, 2.75) is 38.8 Å². The molecule has 12 heteroatoms. The molecule has 45 heavy (non-hydrogen) atoms. The van der Waals surface area contributed by atoms with Crippen LogP contribution in [0.5, 0.6) is 5.75 Å². The Balaban J connectivity index is 1.47. The number of rotatable bonds is 11. The normalized spacial score (nSPS) is 12.1. The summed E-state index contributed by atoms with van der Waals surface area (Å²) >= 11 is 0. The van der Waals surface area contributed by atoms with Gasteiger partial charge in [-0.15, -0.1) is 0 Å². The van der Waals surface area contributed by atoms with Crippen LogP contribution in [-0.2, 0) is 9.53 Å². The van der Waals surface area contributed by atoms with Gasteiger partial charge in [-0.1, -0.05) is 30.3 Å². The van der Waals surface area contributed by atoms with Crippen LogP contribution in [0.3, 0.4) is 0 Å². The molecular weight excluding hydrogens is 594 g/mol. The highest BCUT2D eigenvalue weighted by Crippen LogP contribution is 2.27. The zero-order valence-corrected chi connectivity index (χ0v) is 24.7. The Morgan fingerprint density at radius 2 is 1.53 bits per heavy atom. The molecule has 3 N–H and O–H groups in total. The van der Waals surface area contributed by atoms with Crippen LogP contribution in [-0.4, -0.2) is 35.1 Å². The zero-order valence-electron chi connectivity index (χ0n) is 24.7. The molecule has 0 aliphatic carbocycles. The van der Waals surface area contributed by atoms with Gasteiger partial charge >= 0.3 is 5.97 Å². The third kappa shape index (κ3) is 7.95. The van der Waals surface area contributed by atoms with E-state index < -0.39 is 74.9 Å². The molecule has 0 aliphatic heterocycles. The Labute approximate surface area is 256 Å². The predicted molar refractivity (Wildman–Crippen MR) is 159 cm³/mol. The summed E-state index contributed by atoms with van der Waals surface area (Å²) in [5.74, 6) is -6.84. The molecule has 4 aromatic rings. The van der Waals surface area contributed by atoms with Gasteiger partial charge in [-0.05, 0) is 57.5 Å².